The number of fused-ring (bicyclic) bond motifs is 1. The number of carbonyl (C=O) groups is 1. The second-order valence-corrected chi connectivity index (χ2v) is 9.34. The number of amides is 1. The molecular weight excluding hydrogens is 468 g/mol. The van der Waals surface area contributed by atoms with Crippen LogP contribution in [0, 0.1) is 10.1 Å². The number of morpholine rings is 1. The van der Waals surface area contributed by atoms with E-state index in [1.54, 1.807) is 31.3 Å². The van der Waals surface area contributed by atoms with Gasteiger partial charge in [0.05, 0.1) is 37.2 Å². The fourth-order valence-electron chi connectivity index (χ4n) is 3.62. The lowest BCUT2D eigenvalue weighted by molar-refractivity contribution is -0.380. The summed E-state index contributed by atoms with van der Waals surface area (Å²) in [5, 5.41) is 11.5. The van der Waals surface area contributed by atoms with E-state index in [0.29, 0.717) is 46.8 Å². The van der Waals surface area contributed by atoms with Gasteiger partial charge in [-0.2, -0.15) is 0 Å². The number of ether oxygens (including phenoxy) is 3. The number of methoxy groups -OCH3 is 2. The zero-order chi connectivity index (χ0) is 23.4. The Balaban J connectivity index is 1.65. The summed E-state index contributed by atoms with van der Waals surface area (Å²) >= 11 is 2.20. The lowest BCUT2D eigenvalue weighted by atomic mass is 10.3. The van der Waals surface area contributed by atoms with E-state index in [4.69, 9.17) is 19.2 Å². The molecule has 0 unspecified atom stereocenters. The number of benzene rings is 1. The lowest BCUT2D eigenvalue weighted by Gasteiger charge is -2.27. The Morgan fingerprint density at radius 2 is 1.91 bits per heavy atom. The van der Waals surface area contributed by atoms with Crippen LogP contribution in [0.3, 0.4) is 0 Å². The highest BCUT2D eigenvalue weighted by Gasteiger charge is 2.26. The van der Waals surface area contributed by atoms with Crippen molar-refractivity contribution in [2.45, 2.75) is 6.42 Å². The highest BCUT2D eigenvalue weighted by molar-refractivity contribution is 7.23. The van der Waals surface area contributed by atoms with Gasteiger partial charge in [0.25, 0.3) is 5.91 Å². The minimum Gasteiger partial charge on any atom is -0.495 e. The molecule has 10 nitrogen and oxygen atoms in total. The topological polar surface area (TPSA) is 107 Å². The minimum atomic E-state index is -0.488. The summed E-state index contributed by atoms with van der Waals surface area (Å²) in [5.74, 6) is 0.912. The molecule has 0 radical (unpaired) electrons. The molecule has 1 amide bonds. The van der Waals surface area contributed by atoms with Crippen molar-refractivity contribution in [2.24, 2.45) is 0 Å². The molecule has 2 aromatic heterocycles. The van der Waals surface area contributed by atoms with E-state index in [1.165, 1.54) is 23.5 Å². The summed E-state index contributed by atoms with van der Waals surface area (Å²) in [6, 6.07) is 6.43. The van der Waals surface area contributed by atoms with Gasteiger partial charge in [-0.1, -0.05) is 22.7 Å². The van der Waals surface area contributed by atoms with Crippen LogP contribution >= 0.6 is 22.7 Å². The lowest BCUT2D eigenvalue weighted by Crippen LogP contribution is -2.39. The van der Waals surface area contributed by atoms with Crippen LogP contribution in [0.15, 0.2) is 24.3 Å². The van der Waals surface area contributed by atoms with Crippen LogP contribution in [-0.2, 0) is 4.74 Å². The van der Waals surface area contributed by atoms with E-state index < -0.39 is 4.92 Å². The molecule has 4 rings (SSSR count). The Labute approximate surface area is 198 Å². The third-order valence-electron chi connectivity index (χ3n) is 5.32. The Morgan fingerprint density at radius 1 is 1.18 bits per heavy atom. The number of anilines is 1. The van der Waals surface area contributed by atoms with Gasteiger partial charge in [-0.15, -0.1) is 0 Å². The Morgan fingerprint density at radius 3 is 2.58 bits per heavy atom. The first-order valence-corrected chi connectivity index (χ1v) is 12.0. The van der Waals surface area contributed by atoms with Gasteiger partial charge in [-0.25, -0.2) is 4.98 Å². The quantitative estimate of drug-likeness (QED) is 0.329. The van der Waals surface area contributed by atoms with Crippen LogP contribution in [0.2, 0.25) is 0 Å². The summed E-state index contributed by atoms with van der Waals surface area (Å²) in [7, 11) is 3.15. The molecular formula is C21H24N4O6S2. The predicted octanol–water partition coefficient (Wildman–Crippen LogP) is 3.65. The molecule has 3 aromatic rings. The molecule has 0 N–H and O–H groups in total. The molecule has 0 saturated carbocycles. The zero-order valence-corrected chi connectivity index (χ0v) is 19.9. The number of hydrogen-bond acceptors (Lipinski definition) is 10. The standard InChI is InChI=1S/C21H24N4O6S2/c1-29-14-4-5-15(30-2)19-18(14)22-21(33-19)24(9-3-8-23-10-12-31-13-11-23)20(26)16-6-7-17(32-16)25(27)28/h4-7H,3,8-13H2,1-2H3. The molecule has 176 valence electrons. The van der Waals surface area contributed by atoms with Crippen molar-refractivity contribution < 1.29 is 23.9 Å². The first kappa shape index (κ1) is 23.4. The maximum absolute atomic E-state index is 13.4. The van der Waals surface area contributed by atoms with Crippen molar-refractivity contribution in [3.05, 3.63) is 39.3 Å². The van der Waals surface area contributed by atoms with Gasteiger partial charge in [-0.3, -0.25) is 24.7 Å². The van der Waals surface area contributed by atoms with Crippen molar-refractivity contribution in [3.63, 3.8) is 0 Å². The van der Waals surface area contributed by atoms with Crippen molar-refractivity contribution in [1.82, 2.24) is 9.88 Å². The minimum absolute atomic E-state index is 0.0701. The summed E-state index contributed by atoms with van der Waals surface area (Å²) in [6.07, 6.45) is 0.726. The van der Waals surface area contributed by atoms with E-state index in [9.17, 15) is 14.9 Å². The third kappa shape index (κ3) is 5.08. The van der Waals surface area contributed by atoms with Gasteiger partial charge < -0.3 is 14.2 Å². The van der Waals surface area contributed by atoms with Gasteiger partial charge in [0.15, 0.2) is 5.13 Å². The van der Waals surface area contributed by atoms with E-state index in [1.807, 2.05) is 0 Å². The van der Waals surface area contributed by atoms with Crippen LogP contribution in [0.5, 0.6) is 11.5 Å². The van der Waals surface area contributed by atoms with Crippen molar-refractivity contribution in [1.29, 1.82) is 0 Å². The average Bonchev–Trinajstić information content (AvgIpc) is 3.49. The third-order valence-corrected chi connectivity index (χ3v) is 7.44. The number of thiophene rings is 1. The SMILES string of the molecule is COc1ccc(OC)c2sc(N(CCCN3CCOCC3)C(=O)c3ccc([N+](=O)[O-])s3)nc12. The van der Waals surface area contributed by atoms with Gasteiger partial charge in [0.1, 0.15) is 21.7 Å². The van der Waals surface area contributed by atoms with E-state index >= 15 is 0 Å². The van der Waals surface area contributed by atoms with Crippen LogP contribution in [0.25, 0.3) is 10.2 Å². The highest BCUT2D eigenvalue weighted by atomic mass is 32.1. The smallest absolute Gasteiger partial charge is 0.324 e. The first-order valence-electron chi connectivity index (χ1n) is 10.4. The average molecular weight is 493 g/mol. The molecule has 12 heteroatoms. The molecule has 1 aliphatic heterocycles. The highest BCUT2D eigenvalue weighted by Crippen LogP contribution is 2.40. The van der Waals surface area contributed by atoms with E-state index in [-0.39, 0.29) is 10.9 Å². The predicted molar refractivity (Wildman–Crippen MR) is 127 cm³/mol. The molecule has 0 aliphatic carbocycles. The van der Waals surface area contributed by atoms with E-state index in [2.05, 4.69) is 4.90 Å². The second-order valence-electron chi connectivity index (χ2n) is 7.30. The van der Waals surface area contributed by atoms with Gasteiger partial charge in [0.2, 0.25) is 0 Å². The summed E-state index contributed by atoms with van der Waals surface area (Å²) in [6.45, 7) is 4.38. The monoisotopic (exact) mass is 492 g/mol. The Kier molecular flexibility index (Phi) is 7.38. The number of nitro groups is 1. The molecule has 1 aliphatic rings. The van der Waals surface area contributed by atoms with Crippen LogP contribution < -0.4 is 14.4 Å². The number of thiazole rings is 1. The Hall–Kier alpha value is -2.80. The second kappa shape index (κ2) is 10.4. The largest absolute Gasteiger partial charge is 0.495 e. The summed E-state index contributed by atoms with van der Waals surface area (Å²) < 4.78 is 17.1. The molecule has 1 fully saturated rings. The number of nitrogens with zero attached hydrogens (tertiary/aromatic N) is 4. The first-order chi connectivity index (χ1) is 16.0. The summed E-state index contributed by atoms with van der Waals surface area (Å²) in [4.78, 5) is 33.0. The molecule has 3 heterocycles. The Bertz CT molecular complexity index is 1100. The summed E-state index contributed by atoms with van der Waals surface area (Å²) in [5.41, 5.74) is 0.611. The van der Waals surface area contributed by atoms with Crippen molar-refractivity contribution in [2.75, 3.05) is 58.5 Å². The molecule has 1 aromatic carbocycles. The molecule has 33 heavy (non-hydrogen) atoms. The van der Waals surface area contributed by atoms with Crippen molar-refractivity contribution >= 4 is 48.9 Å². The fourth-order valence-corrected chi connectivity index (χ4v) is 5.49. The normalized spacial score (nSPS) is 14.4. The number of rotatable bonds is 9. The molecule has 0 bridgehead atoms. The van der Waals surface area contributed by atoms with Gasteiger partial charge in [-0.05, 0) is 24.6 Å². The van der Waals surface area contributed by atoms with Gasteiger partial charge >= 0.3 is 5.00 Å². The maximum atomic E-state index is 13.4. The number of hydrogen-bond donors (Lipinski definition) is 0. The number of carbonyl (C=O) groups excluding carboxylic acids is 1. The van der Waals surface area contributed by atoms with E-state index in [0.717, 1.165) is 42.1 Å². The molecule has 0 spiro atoms. The fraction of sp³-hybridized carbons (Fsp3) is 0.429. The van der Waals surface area contributed by atoms with Crippen LogP contribution in [0.1, 0.15) is 16.1 Å². The van der Waals surface area contributed by atoms with Crippen LogP contribution in [0.4, 0.5) is 10.1 Å². The van der Waals surface area contributed by atoms with Crippen LogP contribution in [-0.4, -0.2) is 74.3 Å². The van der Waals surface area contributed by atoms with Gasteiger partial charge in [0, 0.05) is 32.2 Å². The molecule has 0 atom stereocenters. The van der Waals surface area contributed by atoms with Crippen molar-refractivity contribution in [3.8, 4) is 11.5 Å². The molecule has 1 saturated heterocycles. The zero-order valence-electron chi connectivity index (χ0n) is 18.3. The maximum Gasteiger partial charge on any atom is 0.324 e. The number of aromatic nitrogens is 1.